The van der Waals surface area contributed by atoms with Gasteiger partial charge in [0.2, 0.25) is 5.91 Å². The summed E-state index contributed by atoms with van der Waals surface area (Å²) in [5, 5.41) is 3.23. The van der Waals surface area contributed by atoms with Crippen LogP contribution in [0.2, 0.25) is 0 Å². The van der Waals surface area contributed by atoms with Crippen LogP contribution in [0.5, 0.6) is 0 Å². The Morgan fingerprint density at radius 1 is 1.21 bits per heavy atom. The van der Waals surface area contributed by atoms with Crippen molar-refractivity contribution in [2.24, 2.45) is 11.7 Å². The molecule has 4 amide bonds. The van der Waals surface area contributed by atoms with Crippen LogP contribution in [0.25, 0.3) is 0 Å². The van der Waals surface area contributed by atoms with Crippen molar-refractivity contribution in [1.29, 1.82) is 0 Å². The van der Waals surface area contributed by atoms with Gasteiger partial charge in [-0.25, -0.2) is 0 Å². The third-order valence-corrected chi connectivity index (χ3v) is 6.62. The second-order valence-corrected chi connectivity index (χ2v) is 8.63. The van der Waals surface area contributed by atoms with E-state index in [4.69, 9.17) is 5.73 Å². The number of primary amides is 1. The molecule has 1 aromatic carbocycles. The van der Waals surface area contributed by atoms with Crippen LogP contribution in [0.15, 0.2) is 24.3 Å². The molecule has 4 rings (SSSR count). The highest BCUT2D eigenvalue weighted by atomic mass is 32.1. The fraction of sp³-hybridized carbons (Fsp3) is 0.333. The number of thiophene rings is 1. The van der Waals surface area contributed by atoms with Gasteiger partial charge in [0.05, 0.1) is 16.7 Å². The third kappa shape index (κ3) is 3.44. The molecule has 1 aromatic heterocycles. The zero-order valence-corrected chi connectivity index (χ0v) is 16.8. The molecule has 0 fully saturated rings. The molecule has 7 nitrogen and oxygen atoms in total. The van der Waals surface area contributed by atoms with E-state index in [1.807, 2.05) is 0 Å². The van der Waals surface area contributed by atoms with Gasteiger partial charge in [0.25, 0.3) is 17.7 Å². The highest BCUT2D eigenvalue weighted by Crippen LogP contribution is 2.39. The van der Waals surface area contributed by atoms with Gasteiger partial charge in [-0.3, -0.25) is 24.1 Å². The quantitative estimate of drug-likeness (QED) is 0.737. The van der Waals surface area contributed by atoms with Gasteiger partial charge < -0.3 is 11.1 Å². The summed E-state index contributed by atoms with van der Waals surface area (Å²) in [6, 6.07) is 6.61. The highest BCUT2D eigenvalue weighted by molar-refractivity contribution is 7.17. The Morgan fingerprint density at radius 2 is 1.86 bits per heavy atom. The van der Waals surface area contributed by atoms with Crippen molar-refractivity contribution in [3.8, 4) is 0 Å². The SMILES string of the molecule is CC1CCc2c(sc(NC(=O)CCN3C(=O)c4ccccc4C3=O)c2C(N)=O)C1. The summed E-state index contributed by atoms with van der Waals surface area (Å²) in [6.45, 7) is 2.14. The lowest BCUT2D eigenvalue weighted by Crippen LogP contribution is -2.33. The van der Waals surface area contributed by atoms with E-state index in [0.717, 1.165) is 34.6 Å². The smallest absolute Gasteiger partial charge is 0.261 e. The molecule has 0 saturated heterocycles. The van der Waals surface area contributed by atoms with Crippen molar-refractivity contribution in [3.63, 3.8) is 0 Å². The fourth-order valence-corrected chi connectivity index (χ4v) is 5.38. The Bertz CT molecular complexity index is 1010. The van der Waals surface area contributed by atoms with Crippen LogP contribution < -0.4 is 11.1 Å². The maximum atomic E-state index is 12.5. The van der Waals surface area contributed by atoms with Crippen LogP contribution in [0, 0.1) is 5.92 Å². The van der Waals surface area contributed by atoms with E-state index < -0.39 is 17.7 Å². The van der Waals surface area contributed by atoms with Gasteiger partial charge in [0.15, 0.2) is 0 Å². The van der Waals surface area contributed by atoms with Crippen molar-refractivity contribution >= 4 is 40.0 Å². The highest BCUT2D eigenvalue weighted by Gasteiger charge is 2.35. The molecule has 8 heteroatoms. The Morgan fingerprint density at radius 3 is 2.48 bits per heavy atom. The number of hydrogen-bond donors (Lipinski definition) is 2. The Balaban J connectivity index is 1.46. The maximum Gasteiger partial charge on any atom is 0.261 e. The number of imide groups is 1. The lowest BCUT2D eigenvalue weighted by Gasteiger charge is -2.18. The van der Waals surface area contributed by atoms with Gasteiger partial charge in [-0.1, -0.05) is 19.1 Å². The van der Waals surface area contributed by atoms with Crippen molar-refractivity contribution in [3.05, 3.63) is 51.4 Å². The van der Waals surface area contributed by atoms with E-state index in [9.17, 15) is 19.2 Å². The van der Waals surface area contributed by atoms with Gasteiger partial charge in [0, 0.05) is 17.8 Å². The Labute approximate surface area is 171 Å². The second-order valence-electron chi connectivity index (χ2n) is 7.53. The van der Waals surface area contributed by atoms with Crippen molar-refractivity contribution in [2.45, 2.75) is 32.6 Å². The van der Waals surface area contributed by atoms with E-state index >= 15 is 0 Å². The van der Waals surface area contributed by atoms with Crippen molar-refractivity contribution in [2.75, 3.05) is 11.9 Å². The van der Waals surface area contributed by atoms with Crippen LogP contribution >= 0.6 is 11.3 Å². The summed E-state index contributed by atoms with van der Waals surface area (Å²) in [5.74, 6) is -1.17. The molecule has 0 radical (unpaired) electrons. The van der Waals surface area contributed by atoms with Crippen LogP contribution in [-0.4, -0.2) is 35.1 Å². The predicted molar refractivity (Wildman–Crippen MR) is 109 cm³/mol. The molecule has 29 heavy (non-hydrogen) atoms. The summed E-state index contributed by atoms with van der Waals surface area (Å²) in [7, 11) is 0. The molecule has 2 aliphatic rings. The van der Waals surface area contributed by atoms with Gasteiger partial charge >= 0.3 is 0 Å². The van der Waals surface area contributed by atoms with Crippen LogP contribution in [0.1, 0.15) is 61.3 Å². The van der Waals surface area contributed by atoms with Gasteiger partial charge in [0.1, 0.15) is 5.00 Å². The predicted octanol–water partition coefficient (Wildman–Crippen LogP) is 2.60. The molecule has 0 saturated carbocycles. The summed E-state index contributed by atoms with van der Waals surface area (Å²) < 4.78 is 0. The topological polar surface area (TPSA) is 110 Å². The summed E-state index contributed by atoms with van der Waals surface area (Å²) >= 11 is 1.39. The fourth-order valence-electron chi connectivity index (χ4n) is 3.94. The number of carbonyl (C=O) groups is 4. The monoisotopic (exact) mass is 411 g/mol. The zero-order valence-electron chi connectivity index (χ0n) is 16.0. The van der Waals surface area contributed by atoms with E-state index in [2.05, 4.69) is 12.2 Å². The molecule has 0 bridgehead atoms. The van der Waals surface area contributed by atoms with E-state index in [-0.39, 0.29) is 18.9 Å². The second kappa shape index (κ2) is 7.44. The first kappa shape index (κ1) is 19.3. The van der Waals surface area contributed by atoms with E-state index in [0.29, 0.717) is 27.6 Å². The van der Waals surface area contributed by atoms with Crippen LogP contribution in [0.3, 0.4) is 0 Å². The lowest BCUT2D eigenvalue weighted by atomic mass is 9.88. The number of fused-ring (bicyclic) bond motifs is 2. The largest absolute Gasteiger partial charge is 0.365 e. The number of anilines is 1. The molecule has 2 heterocycles. The summed E-state index contributed by atoms with van der Waals surface area (Å²) in [6.07, 6.45) is 2.57. The minimum Gasteiger partial charge on any atom is -0.365 e. The molecule has 1 aliphatic heterocycles. The molecule has 2 aromatic rings. The Hall–Kier alpha value is -3.00. The first-order valence-electron chi connectivity index (χ1n) is 9.56. The van der Waals surface area contributed by atoms with Gasteiger partial charge in [-0.05, 0) is 42.9 Å². The van der Waals surface area contributed by atoms with E-state index in [1.165, 1.54) is 11.3 Å². The van der Waals surface area contributed by atoms with Crippen LogP contribution in [0.4, 0.5) is 5.00 Å². The number of benzene rings is 1. The molecule has 0 spiro atoms. The minimum absolute atomic E-state index is 0.0216. The number of rotatable bonds is 5. The van der Waals surface area contributed by atoms with Gasteiger partial charge in [-0.2, -0.15) is 0 Å². The molecule has 150 valence electrons. The summed E-state index contributed by atoms with van der Waals surface area (Å²) in [4.78, 5) is 51.5. The van der Waals surface area contributed by atoms with Gasteiger partial charge in [-0.15, -0.1) is 11.3 Å². The summed E-state index contributed by atoms with van der Waals surface area (Å²) in [5.41, 5.74) is 7.62. The molecule has 3 N–H and O–H groups in total. The molecular weight excluding hydrogens is 390 g/mol. The van der Waals surface area contributed by atoms with Crippen molar-refractivity contribution in [1.82, 2.24) is 4.90 Å². The van der Waals surface area contributed by atoms with Crippen LogP contribution in [-0.2, 0) is 17.6 Å². The standard InChI is InChI=1S/C21H21N3O4S/c1-11-6-7-14-15(10-11)29-19(17(14)18(22)26)23-16(25)8-9-24-20(27)12-4-2-3-5-13(12)21(24)28/h2-5,11H,6-10H2,1H3,(H2,22,26)(H,23,25). The number of nitrogens with one attached hydrogen (secondary N) is 1. The molecule has 1 unspecified atom stereocenters. The molecule has 1 atom stereocenters. The number of amides is 4. The average molecular weight is 411 g/mol. The lowest BCUT2D eigenvalue weighted by molar-refractivity contribution is -0.116. The van der Waals surface area contributed by atoms with Crippen molar-refractivity contribution < 1.29 is 19.2 Å². The first-order chi connectivity index (χ1) is 13.9. The average Bonchev–Trinajstić information content (AvgIpc) is 3.15. The number of carbonyl (C=O) groups excluding carboxylic acids is 4. The normalized spacial score (nSPS) is 17.8. The molecular formula is C21H21N3O4S. The molecule has 1 aliphatic carbocycles. The maximum absolute atomic E-state index is 12.5. The minimum atomic E-state index is -0.548. The first-order valence-corrected chi connectivity index (χ1v) is 10.4. The number of hydrogen-bond acceptors (Lipinski definition) is 5. The zero-order chi connectivity index (χ0) is 20.7. The van der Waals surface area contributed by atoms with E-state index in [1.54, 1.807) is 24.3 Å². The third-order valence-electron chi connectivity index (χ3n) is 5.45. The number of nitrogens with two attached hydrogens (primary N) is 1. The number of nitrogens with zero attached hydrogens (tertiary/aromatic N) is 1. The Kier molecular flexibility index (Phi) is 4.96.